The number of halogens is 1. The van der Waals surface area contributed by atoms with Crippen LogP contribution in [0.3, 0.4) is 0 Å². The van der Waals surface area contributed by atoms with Crippen molar-refractivity contribution in [3.8, 4) is 5.69 Å². The minimum Gasteiger partial charge on any atom is -0.447 e. The predicted molar refractivity (Wildman–Crippen MR) is 116 cm³/mol. The molecule has 1 saturated heterocycles. The lowest BCUT2D eigenvalue weighted by atomic mass is 10.2. The number of anilines is 2. The van der Waals surface area contributed by atoms with Gasteiger partial charge in [0.25, 0.3) is 0 Å². The number of amides is 1. The van der Waals surface area contributed by atoms with Gasteiger partial charge >= 0.3 is 6.09 Å². The number of ether oxygens (including phenoxy) is 1. The van der Waals surface area contributed by atoms with E-state index in [-0.39, 0.29) is 18.2 Å². The summed E-state index contributed by atoms with van der Waals surface area (Å²) >= 11 is 5.95. The Morgan fingerprint density at radius 3 is 2.74 bits per heavy atom. The number of cyclic esters (lactones) is 1. The van der Waals surface area contributed by atoms with E-state index < -0.39 is 0 Å². The van der Waals surface area contributed by atoms with Gasteiger partial charge < -0.3 is 10.1 Å². The van der Waals surface area contributed by atoms with Crippen LogP contribution in [0.15, 0.2) is 36.5 Å². The molecule has 10 heteroatoms. The average molecular weight is 440 g/mol. The summed E-state index contributed by atoms with van der Waals surface area (Å²) in [6, 6.07) is 9.03. The maximum absolute atomic E-state index is 12.3. The SMILES string of the molecule is Cc1cc(N2C(=O)OCC2C2CC2)nc(N[C@H](C)c2cn(-c3ccc(Cl)cc3)nn2)n1. The van der Waals surface area contributed by atoms with Crippen LogP contribution < -0.4 is 10.2 Å². The second kappa shape index (κ2) is 7.81. The molecule has 31 heavy (non-hydrogen) atoms. The summed E-state index contributed by atoms with van der Waals surface area (Å²) in [6.45, 7) is 4.25. The second-order valence-electron chi connectivity index (χ2n) is 7.97. The number of carbonyl (C=O) groups is 1. The van der Waals surface area contributed by atoms with E-state index in [1.54, 1.807) is 21.7 Å². The van der Waals surface area contributed by atoms with Crippen LogP contribution in [0.2, 0.25) is 5.02 Å². The fourth-order valence-electron chi connectivity index (χ4n) is 3.73. The minimum atomic E-state index is -0.347. The summed E-state index contributed by atoms with van der Waals surface area (Å²) < 4.78 is 6.98. The molecule has 3 aromatic rings. The third-order valence-electron chi connectivity index (χ3n) is 5.55. The van der Waals surface area contributed by atoms with Gasteiger partial charge in [0.15, 0.2) is 0 Å². The zero-order valence-electron chi connectivity index (χ0n) is 17.2. The van der Waals surface area contributed by atoms with E-state index in [1.807, 2.05) is 38.2 Å². The topological polar surface area (TPSA) is 98.1 Å². The minimum absolute atomic E-state index is 0.0475. The van der Waals surface area contributed by atoms with Crippen LogP contribution in [0.4, 0.5) is 16.6 Å². The van der Waals surface area contributed by atoms with Gasteiger partial charge in [-0.25, -0.2) is 14.5 Å². The Morgan fingerprint density at radius 1 is 1.23 bits per heavy atom. The van der Waals surface area contributed by atoms with Gasteiger partial charge in [-0.3, -0.25) is 4.90 Å². The Balaban J connectivity index is 1.35. The number of hydrogen-bond donors (Lipinski definition) is 1. The highest BCUT2D eigenvalue weighted by Crippen LogP contribution is 2.39. The number of nitrogens with one attached hydrogen (secondary N) is 1. The van der Waals surface area contributed by atoms with Crippen LogP contribution in [0, 0.1) is 12.8 Å². The van der Waals surface area contributed by atoms with Crippen molar-refractivity contribution in [2.75, 3.05) is 16.8 Å². The van der Waals surface area contributed by atoms with E-state index in [2.05, 4.69) is 25.6 Å². The average Bonchev–Trinajstić information content (AvgIpc) is 3.32. The van der Waals surface area contributed by atoms with Crippen molar-refractivity contribution in [1.29, 1.82) is 0 Å². The molecule has 1 N–H and O–H groups in total. The van der Waals surface area contributed by atoms with Crippen molar-refractivity contribution in [2.24, 2.45) is 5.92 Å². The monoisotopic (exact) mass is 439 g/mol. The number of rotatable bonds is 6. The first kappa shape index (κ1) is 19.7. The van der Waals surface area contributed by atoms with Gasteiger partial charge in [-0.1, -0.05) is 16.8 Å². The molecule has 160 valence electrons. The zero-order chi connectivity index (χ0) is 21.5. The number of aromatic nitrogens is 5. The van der Waals surface area contributed by atoms with Crippen molar-refractivity contribution in [3.05, 3.63) is 52.9 Å². The first-order valence-corrected chi connectivity index (χ1v) is 10.6. The van der Waals surface area contributed by atoms with Gasteiger partial charge in [0.2, 0.25) is 5.95 Å². The maximum Gasteiger partial charge on any atom is 0.415 e. The van der Waals surface area contributed by atoms with E-state index in [9.17, 15) is 4.79 Å². The highest BCUT2D eigenvalue weighted by Gasteiger charge is 2.44. The van der Waals surface area contributed by atoms with Crippen LogP contribution in [0.25, 0.3) is 5.69 Å². The van der Waals surface area contributed by atoms with Gasteiger partial charge in [-0.2, -0.15) is 4.98 Å². The van der Waals surface area contributed by atoms with Gasteiger partial charge in [-0.05, 0) is 56.9 Å². The number of benzene rings is 1. The number of nitrogens with zero attached hydrogens (tertiary/aromatic N) is 6. The highest BCUT2D eigenvalue weighted by molar-refractivity contribution is 6.30. The van der Waals surface area contributed by atoms with E-state index in [4.69, 9.17) is 16.3 Å². The van der Waals surface area contributed by atoms with Gasteiger partial charge in [0.05, 0.1) is 24.0 Å². The van der Waals surface area contributed by atoms with Crippen LogP contribution >= 0.6 is 11.6 Å². The van der Waals surface area contributed by atoms with Crippen LogP contribution in [0.5, 0.6) is 0 Å². The quantitative estimate of drug-likeness (QED) is 0.621. The Hall–Kier alpha value is -3.20. The second-order valence-corrected chi connectivity index (χ2v) is 8.41. The lowest BCUT2D eigenvalue weighted by Gasteiger charge is -2.21. The van der Waals surface area contributed by atoms with Crippen LogP contribution in [-0.2, 0) is 4.74 Å². The molecule has 1 aromatic carbocycles. The summed E-state index contributed by atoms with van der Waals surface area (Å²) in [5.74, 6) is 1.48. The molecule has 5 rings (SSSR count). The van der Waals surface area contributed by atoms with Gasteiger partial charge in [-0.15, -0.1) is 5.10 Å². The number of aryl methyl sites for hydroxylation is 1. The number of carbonyl (C=O) groups excluding carboxylic acids is 1. The molecule has 9 nitrogen and oxygen atoms in total. The highest BCUT2D eigenvalue weighted by atomic mass is 35.5. The third-order valence-corrected chi connectivity index (χ3v) is 5.80. The van der Waals surface area contributed by atoms with Crippen molar-refractivity contribution in [2.45, 2.75) is 38.8 Å². The van der Waals surface area contributed by atoms with Crippen LogP contribution in [-0.4, -0.2) is 43.7 Å². The van der Waals surface area contributed by atoms with E-state index >= 15 is 0 Å². The maximum atomic E-state index is 12.3. The lowest BCUT2D eigenvalue weighted by Crippen LogP contribution is -2.36. The molecule has 1 aliphatic carbocycles. The first-order chi connectivity index (χ1) is 15.0. The van der Waals surface area contributed by atoms with Crippen molar-refractivity contribution in [1.82, 2.24) is 25.0 Å². The van der Waals surface area contributed by atoms with Crippen molar-refractivity contribution < 1.29 is 9.53 Å². The molecule has 3 heterocycles. The van der Waals surface area contributed by atoms with Crippen molar-refractivity contribution >= 4 is 29.5 Å². The molecule has 2 fully saturated rings. The van der Waals surface area contributed by atoms with Crippen molar-refractivity contribution in [3.63, 3.8) is 0 Å². The molecule has 1 unspecified atom stereocenters. The predicted octanol–water partition coefficient (Wildman–Crippen LogP) is 3.93. The van der Waals surface area contributed by atoms with E-state index in [1.165, 1.54) is 0 Å². The lowest BCUT2D eigenvalue weighted by molar-refractivity contribution is 0.178. The number of hydrogen-bond acceptors (Lipinski definition) is 7. The molecule has 0 bridgehead atoms. The van der Waals surface area contributed by atoms with E-state index in [0.717, 1.165) is 29.9 Å². The fourth-order valence-corrected chi connectivity index (χ4v) is 3.86. The molecule has 1 amide bonds. The molecule has 2 atom stereocenters. The largest absolute Gasteiger partial charge is 0.447 e. The molecule has 0 spiro atoms. The first-order valence-electron chi connectivity index (χ1n) is 10.2. The Kier molecular flexibility index (Phi) is 4.97. The Labute approximate surface area is 184 Å². The molecule has 2 aliphatic rings. The smallest absolute Gasteiger partial charge is 0.415 e. The summed E-state index contributed by atoms with van der Waals surface area (Å²) in [6.07, 6.45) is 3.74. The van der Waals surface area contributed by atoms with Gasteiger partial charge in [0, 0.05) is 16.8 Å². The fraction of sp³-hybridized carbons (Fsp3) is 0.381. The standard InChI is InChI=1S/C21H22ClN7O2/c1-12-9-19(29-18(14-3-4-14)11-31-21(29)30)25-20(23-12)24-13(2)17-10-28(27-26-17)16-7-5-15(22)6-8-16/h5-10,13-14,18H,3-4,11H2,1-2H3,(H,23,24,25)/t13-,18?/m1/s1. The molecular formula is C21H22ClN7O2. The summed E-state index contributed by atoms with van der Waals surface area (Å²) in [5.41, 5.74) is 2.36. The summed E-state index contributed by atoms with van der Waals surface area (Å²) in [7, 11) is 0. The normalized spacial score (nSPS) is 19.4. The van der Waals surface area contributed by atoms with Crippen LogP contribution in [0.1, 0.15) is 37.2 Å². The van der Waals surface area contributed by atoms with Gasteiger partial charge in [0.1, 0.15) is 18.1 Å². The Bertz CT molecular complexity index is 1110. The molecule has 1 aliphatic heterocycles. The molecule has 0 radical (unpaired) electrons. The summed E-state index contributed by atoms with van der Waals surface area (Å²) in [5, 5.41) is 12.4. The molecule has 2 aromatic heterocycles. The third kappa shape index (κ3) is 4.05. The summed E-state index contributed by atoms with van der Waals surface area (Å²) in [4.78, 5) is 23.1. The Morgan fingerprint density at radius 2 is 2.00 bits per heavy atom. The molecular weight excluding hydrogens is 418 g/mol. The van der Waals surface area contributed by atoms with E-state index in [0.29, 0.717) is 29.3 Å². The zero-order valence-corrected chi connectivity index (χ0v) is 18.0. The molecule has 1 saturated carbocycles.